The summed E-state index contributed by atoms with van der Waals surface area (Å²) >= 11 is 1.58. The first-order valence-electron chi connectivity index (χ1n) is 13.0. The van der Waals surface area contributed by atoms with Gasteiger partial charge in [0.1, 0.15) is 17.4 Å². The number of benzene rings is 2. The standard InChI is InChI=1S/C28H30N6O4S/c35-26(36)8-4-7-21-18-34(32-31-21)23-11-12-24(25(17-23)38-16-15-33-14-13-29-28(33)37)27-30-22(19-39-27)10-9-20-5-2-1-3-6-20/h1-3,5-6,11-12,17-19H,4,7-10,13-16H2,(H,29,37)(H,35,36). The number of thiazole rings is 1. The molecule has 0 bridgehead atoms. The molecule has 0 unspecified atom stereocenters. The molecule has 0 radical (unpaired) electrons. The Morgan fingerprint density at radius 3 is 2.77 bits per heavy atom. The van der Waals surface area contributed by atoms with Gasteiger partial charge in [0.2, 0.25) is 0 Å². The number of rotatable bonds is 13. The number of carbonyl (C=O) groups excluding carboxylic acids is 1. The second-order valence-electron chi connectivity index (χ2n) is 9.28. The molecule has 2 aromatic heterocycles. The van der Waals surface area contributed by atoms with Crippen molar-refractivity contribution < 1.29 is 19.4 Å². The highest BCUT2D eigenvalue weighted by atomic mass is 32.1. The molecule has 1 saturated heterocycles. The fourth-order valence-corrected chi connectivity index (χ4v) is 5.25. The highest BCUT2D eigenvalue weighted by Gasteiger charge is 2.20. The van der Waals surface area contributed by atoms with Gasteiger partial charge in [-0.05, 0) is 43.4 Å². The Hall–Kier alpha value is -4.25. The van der Waals surface area contributed by atoms with Gasteiger partial charge in [0.25, 0.3) is 0 Å². The quantitative estimate of drug-likeness (QED) is 0.260. The van der Waals surface area contributed by atoms with Crippen LogP contribution in [0.25, 0.3) is 16.3 Å². The molecule has 0 saturated carbocycles. The van der Waals surface area contributed by atoms with Gasteiger partial charge in [0.05, 0.1) is 35.4 Å². The predicted molar refractivity (Wildman–Crippen MR) is 147 cm³/mol. The molecule has 1 fully saturated rings. The number of hydrogen-bond acceptors (Lipinski definition) is 7. The summed E-state index contributed by atoms with van der Waals surface area (Å²) in [4.78, 5) is 29.4. The highest BCUT2D eigenvalue weighted by Crippen LogP contribution is 2.34. The number of urea groups is 1. The minimum absolute atomic E-state index is 0.0754. The van der Waals surface area contributed by atoms with Crippen molar-refractivity contribution in [3.05, 3.63) is 77.1 Å². The Bertz CT molecular complexity index is 1420. The maximum absolute atomic E-state index is 11.9. The number of carbonyl (C=O) groups is 2. The molecule has 0 aliphatic carbocycles. The summed E-state index contributed by atoms with van der Waals surface area (Å²) in [5, 5.41) is 23.1. The lowest BCUT2D eigenvalue weighted by Crippen LogP contribution is -2.31. The second kappa shape index (κ2) is 12.5. The Labute approximate surface area is 230 Å². The van der Waals surface area contributed by atoms with Crippen molar-refractivity contribution >= 4 is 23.3 Å². The average molecular weight is 547 g/mol. The zero-order valence-electron chi connectivity index (χ0n) is 21.5. The van der Waals surface area contributed by atoms with E-state index in [4.69, 9.17) is 14.8 Å². The Balaban J connectivity index is 1.33. The van der Waals surface area contributed by atoms with Gasteiger partial charge in [-0.3, -0.25) is 4.79 Å². The molecular weight excluding hydrogens is 516 g/mol. The molecule has 2 aromatic carbocycles. The van der Waals surface area contributed by atoms with E-state index in [-0.39, 0.29) is 12.5 Å². The van der Waals surface area contributed by atoms with Crippen molar-refractivity contribution in [2.45, 2.75) is 32.1 Å². The van der Waals surface area contributed by atoms with Crippen molar-refractivity contribution in [3.63, 3.8) is 0 Å². The van der Waals surface area contributed by atoms with E-state index in [1.165, 1.54) is 5.56 Å². The van der Waals surface area contributed by atoms with Gasteiger partial charge in [0, 0.05) is 31.0 Å². The number of nitrogens with zero attached hydrogens (tertiary/aromatic N) is 5. The second-order valence-corrected chi connectivity index (χ2v) is 10.1. The van der Waals surface area contributed by atoms with Crippen LogP contribution in [0.4, 0.5) is 4.79 Å². The lowest BCUT2D eigenvalue weighted by atomic mass is 10.1. The maximum Gasteiger partial charge on any atom is 0.317 e. The van der Waals surface area contributed by atoms with E-state index in [0.717, 1.165) is 40.5 Å². The SMILES string of the molecule is O=C(O)CCCc1cn(-c2ccc(-c3nc(CCc4ccccc4)cs3)c(OCCN3CCNC3=O)c2)nn1. The summed E-state index contributed by atoms with van der Waals surface area (Å²) < 4.78 is 7.88. The highest BCUT2D eigenvalue weighted by molar-refractivity contribution is 7.13. The lowest BCUT2D eigenvalue weighted by molar-refractivity contribution is -0.137. The fourth-order valence-electron chi connectivity index (χ4n) is 4.36. The van der Waals surface area contributed by atoms with Crippen LogP contribution in [-0.2, 0) is 24.1 Å². The van der Waals surface area contributed by atoms with Gasteiger partial charge in [-0.2, -0.15) is 0 Å². The molecule has 3 heterocycles. The van der Waals surface area contributed by atoms with Crippen molar-refractivity contribution in [1.82, 2.24) is 30.2 Å². The molecule has 202 valence electrons. The van der Waals surface area contributed by atoms with Crippen molar-refractivity contribution in [1.29, 1.82) is 0 Å². The monoisotopic (exact) mass is 546 g/mol. The molecule has 1 aliphatic heterocycles. The number of amides is 2. The van der Waals surface area contributed by atoms with Crippen LogP contribution < -0.4 is 10.1 Å². The van der Waals surface area contributed by atoms with Gasteiger partial charge in [-0.1, -0.05) is 35.5 Å². The van der Waals surface area contributed by atoms with Gasteiger partial charge in [-0.25, -0.2) is 14.5 Å². The predicted octanol–water partition coefficient (Wildman–Crippen LogP) is 3.99. The van der Waals surface area contributed by atoms with Crippen LogP contribution in [0.1, 0.15) is 29.8 Å². The van der Waals surface area contributed by atoms with E-state index >= 15 is 0 Å². The van der Waals surface area contributed by atoms with Crippen LogP contribution in [-0.4, -0.2) is 68.2 Å². The first kappa shape index (κ1) is 26.4. The topological polar surface area (TPSA) is 122 Å². The van der Waals surface area contributed by atoms with E-state index in [1.807, 2.05) is 36.4 Å². The number of aryl methyl sites for hydroxylation is 3. The summed E-state index contributed by atoms with van der Waals surface area (Å²) in [5.74, 6) is -0.171. The van der Waals surface area contributed by atoms with Crippen LogP contribution in [0.5, 0.6) is 5.75 Å². The van der Waals surface area contributed by atoms with E-state index in [0.29, 0.717) is 44.8 Å². The number of carboxylic acid groups (broad SMARTS) is 1. The first-order chi connectivity index (χ1) is 19.0. The van der Waals surface area contributed by atoms with Gasteiger partial charge < -0.3 is 20.1 Å². The molecule has 11 heteroatoms. The van der Waals surface area contributed by atoms with Crippen molar-refractivity contribution in [3.8, 4) is 22.0 Å². The molecule has 2 amide bonds. The largest absolute Gasteiger partial charge is 0.491 e. The normalized spacial score (nSPS) is 13.0. The number of ether oxygens (including phenoxy) is 1. The van der Waals surface area contributed by atoms with Crippen LogP contribution in [0.3, 0.4) is 0 Å². The maximum atomic E-state index is 11.9. The summed E-state index contributed by atoms with van der Waals surface area (Å²) in [6, 6.07) is 16.1. The number of aliphatic carboxylic acids is 1. The molecule has 1 aliphatic rings. The van der Waals surface area contributed by atoms with Gasteiger partial charge >= 0.3 is 12.0 Å². The summed E-state index contributed by atoms with van der Waals surface area (Å²) in [7, 11) is 0. The van der Waals surface area contributed by atoms with E-state index < -0.39 is 5.97 Å². The van der Waals surface area contributed by atoms with Crippen LogP contribution in [0, 0.1) is 0 Å². The van der Waals surface area contributed by atoms with Crippen molar-refractivity contribution in [2.24, 2.45) is 0 Å². The third-order valence-electron chi connectivity index (χ3n) is 6.45. The first-order valence-corrected chi connectivity index (χ1v) is 13.8. The molecule has 39 heavy (non-hydrogen) atoms. The van der Waals surface area contributed by atoms with Crippen LogP contribution >= 0.6 is 11.3 Å². The van der Waals surface area contributed by atoms with E-state index in [2.05, 4.69) is 33.1 Å². The molecular formula is C28H30N6O4S. The van der Waals surface area contributed by atoms with Gasteiger partial charge in [-0.15, -0.1) is 16.4 Å². The Kier molecular flexibility index (Phi) is 8.47. The zero-order valence-corrected chi connectivity index (χ0v) is 22.3. The Morgan fingerprint density at radius 1 is 1.10 bits per heavy atom. The van der Waals surface area contributed by atoms with Crippen LogP contribution in [0.2, 0.25) is 0 Å². The van der Waals surface area contributed by atoms with E-state index in [1.54, 1.807) is 27.1 Å². The molecule has 10 nitrogen and oxygen atoms in total. The summed E-state index contributed by atoms with van der Waals surface area (Å²) in [6.45, 7) is 2.13. The van der Waals surface area contributed by atoms with Gasteiger partial charge in [0.15, 0.2) is 0 Å². The molecule has 0 atom stereocenters. The summed E-state index contributed by atoms with van der Waals surface area (Å²) in [6.07, 6.45) is 4.71. The lowest BCUT2D eigenvalue weighted by Gasteiger charge is -2.16. The number of nitrogens with one attached hydrogen (secondary N) is 1. The minimum atomic E-state index is -0.823. The molecule has 4 aromatic rings. The zero-order chi connectivity index (χ0) is 27.0. The summed E-state index contributed by atoms with van der Waals surface area (Å²) in [5.41, 5.74) is 4.69. The third-order valence-corrected chi connectivity index (χ3v) is 7.38. The number of hydrogen-bond donors (Lipinski definition) is 2. The smallest absolute Gasteiger partial charge is 0.317 e. The third kappa shape index (κ3) is 6.99. The molecule has 0 spiro atoms. The van der Waals surface area contributed by atoms with Crippen LogP contribution in [0.15, 0.2) is 60.1 Å². The number of carboxylic acids is 1. The molecule has 5 rings (SSSR count). The average Bonchev–Trinajstić information content (AvgIpc) is 3.70. The fraction of sp³-hybridized carbons (Fsp3) is 0.321. The van der Waals surface area contributed by atoms with E-state index in [9.17, 15) is 9.59 Å². The Morgan fingerprint density at radius 2 is 1.97 bits per heavy atom. The molecule has 2 N–H and O–H groups in total. The number of aromatic nitrogens is 4. The minimum Gasteiger partial charge on any atom is -0.491 e. The van der Waals surface area contributed by atoms with Crippen molar-refractivity contribution in [2.75, 3.05) is 26.2 Å².